The molecule has 0 aliphatic rings. The summed E-state index contributed by atoms with van der Waals surface area (Å²) in [7, 11) is 2.89. The smallest absolute Gasteiger partial charge is 0.250 e. The summed E-state index contributed by atoms with van der Waals surface area (Å²) in [5, 5.41) is 7.66. The van der Waals surface area contributed by atoms with Gasteiger partial charge in [-0.05, 0) is 13.0 Å². The van der Waals surface area contributed by atoms with E-state index in [0.717, 1.165) is 0 Å². The van der Waals surface area contributed by atoms with Crippen LogP contribution in [0.15, 0.2) is 6.07 Å². The molecule has 0 fully saturated rings. The lowest BCUT2D eigenvalue weighted by Crippen LogP contribution is -2.19. The van der Waals surface area contributed by atoms with Crippen LogP contribution in [0.1, 0.15) is 28.0 Å². The molecule has 1 aromatic heterocycles. The fourth-order valence-corrected chi connectivity index (χ4v) is 1.19. The zero-order valence-corrected chi connectivity index (χ0v) is 8.85. The molecule has 2 N–H and O–H groups in total. The average molecular weight is 211 g/mol. The van der Waals surface area contributed by atoms with Crippen molar-refractivity contribution in [1.82, 2.24) is 10.2 Å². The Morgan fingerprint density at radius 1 is 1.40 bits per heavy atom. The molecule has 1 heterocycles. The fraction of sp³-hybridized carbons (Fsp3) is 0.444. The Labute approximate surface area is 87.4 Å². The van der Waals surface area contributed by atoms with Gasteiger partial charge in [0.1, 0.15) is 5.69 Å². The highest BCUT2D eigenvalue weighted by Crippen LogP contribution is 2.18. The number of aromatic nitrogens is 2. The summed E-state index contributed by atoms with van der Waals surface area (Å²) in [4.78, 5) is 11.2. The van der Waals surface area contributed by atoms with Crippen LogP contribution in [0, 0.1) is 6.92 Å². The van der Waals surface area contributed by atoms with Crippen molar-refractivity contribution < 1.29 is 14.3 Å². The van der Waals surface area contributed by atoms with Crippen LogP contribution >= 0.6 is 0 Å². The molecular weight excluding hydrogens is 198 g/mol. The molecule has 1 aromatic rings. The number of hydrogen-bond acceptors (Lipinski definition) is 5. The normalized spacial score (nSPS) is 10.7. The molecule has 0 radical (unpaired) electrons. The minimum absolute atomic E-state index is 0.260. The molecule has 0 bridgehead atoms. The van der Waals surface area contributed by atoms with E-state index in [4.69, 9.17) is 15.2 Å². The molecule has 0 aliphatic heterocycles. The first-order valence-corrected chi connectivity index (χ1v) is 4.29. The summed E-state index contributed by atoms with van der Waals surface area (Å²) in [6.07, 6.45) is -0.736. The van der Waals surface area contributed by atoms with Gasteiger partial charge >= 0.3 is 0 Å². The van der Waals surface area contributed by atoms with Crippen LogP contribution in [0.5, 0.6) is 0 Å². The number of nitrogens with two attached hydrogens (primary N) is 1. The molecule has 0 aromatic carbocycles. The number of methoxy groups -OCH3 is 2. The van der Waals surface area contributed by atoms with Gasteiger partial charge in [-0.2, -0.15) is 5.10 Å². The van der Waals surface area contributed by atoms with E-state index in [1.807, 2.05) is 0 Å². The molecule has 6 heteroatoms. The Kier molecular flexibility index (Phi) is 3.70. The minimum Gasteiger partial charge on any atom is -0.366 e. The summed E-state index contributed by atoms with van der Waals surface area (Å²) in [6, 6.07) is 1.55. The molecule has 82 valence electrons. The van der Waals surface area contributed by atoms with E-state index in [2.05, 4.69) is 10.2 Å². The Balaban J connectivity index is 3.21. The van der Waals surface area contributed by atoms with Gasteiger partial charge in [-0.15, -0.1) is 5.10 Å². The first kappa shape index (κ1) is 11.5. The second-order valence-corrected chi connectivity index (χ2v) is 2.95. The van der Waals surface area contributed by atoms with Crippen molar-refractivity contribution in [2.24, 2.45) is 5.73 Å². The third-order valence-corrected chi connectivity index (χ3v) is 1.86. The Bertz CT molecular complexity index is 364. The maximum Gasteiger partial charge on any atom is 0.250 e. The maximum absolute atomic E-state index is 11.2. The van der Waals surface area contributed by atoms with E-state index in [1.54, 1.807) is 13.0 Å². The number of carbonyl (C=O) groups excluding carboxylic acids is 1. The molecule has 0 saturated heterocycles. The largest absolute Gasteiger partial charge is 0.366 e. The number of ether oxygens (including phenoxy) is 2. The van der Waals surface area contributed by atoms with Gasteiger partial charge in [0.25, 0.3) is 5.91 Å². The van der Waals surface area contributed by atoms with Crippen LogP contribution in [0.4, 0.5) is 0 Å². The quantitative estimate of drug-likeness (QED) is 0.717. The van der Waals surface area contributed by atoms with Crippen molar-refractivity contribution in [3.8, 4) is 0 Å². The number of carbonyl (C=O) groups is 1. The van der Waals surface area contributed by atoms with Crippen LogP contribution in [-0.2, 0) is 9.47 Å². The lowest BCUT2D eigenvalue weighted by atomic mass is 10.1. The third-order valence-electron chi connectivity index (χ3n) is 1.86. The van der Waals surface area contributed by atoms with Gasteiger partial charge in [-0.25, -0.2) is 0 Å². The van der Waals surface area contributed by atoms with Gasteiger partial charge < -0.3 is 15.2 Å². The number of hydrogen-bond donors (Lipinski definition) is 1. The molecule has 0 atom stereocenters. The molecule has 0 aliphatic carbocycles. The van der Waals surface area contributed by atoms with Gasteiger partial charge in [-0.3, -0.25) is 4.79 Å². The molecule has 0 saturated carbocycles. The summed E-state index contributed by atoms with van der Waals surface area (Å²) in [5.74, 6) is -0.581. The first-order chi connectivity index (χ1) is 7.10. The second kappa shape index (κ2) is 4.81. The van der Waals surface area contributed by atoms with Gasteiger partial charge in [0.05, 0.1) is 11.3 Å². The van der Waals surface area contributed by atoms with E-state index in [0.29, 0.717) is 5.69 Å². The van der Waals surface area contributed by atoms with Crippen molar-refractivity contribution in [1.29, 1.82) is 0 Å². The van der Waals surface area contributed by atoms with Crippen LogP contribution < -0.4 is 5.73 Å². The van der Waals surface area contributed by atoms with Crippen molar-refractivity contribution in [3.63, 3.8) is 0 Å². The standard InChI is InChI=1S/C9H13N3O3/c1-5-4-6(8(10)13)7(12-11-5)9(14-2)15-3/h4,9H,1-3H3,(H2,10,13). The van der Waals surface area contributed by atoms with E-state index in [9.17, 15) is 4.79 Å². The third kappa shape index (κ3) is 2.48. The topological polar surface area (TPSA) is 87.3 Å². The second-order valence-electron chi connectivity index (χ2n) is 2.95. The number of aryl methyl sites for hydroxylation is 1. The summed E-state index contributed by atoms with van der Waals surface area (Å²) < 4.78 is 9.97. The van der Waals surface area contributed by atoms with Crippen LogP contribution in [0.25, 0.3) is 0 Å². The maximum atomic E-state index is 11.2. The number of primary amides is 1. The number of rotatable bonds is 4. The summed E-state index contributed by atoms with van der Waals surface area (Å²) in [6.45, 7) is 1.72. The lowest BCUT2D eigenvalue weighted by Gasteiger charge is -2.14. The zero-order valence-electron chi connectivity index (χ0n) is 8.85. The molecule has 6 nitrogen and oxygen atoms in total. The van der Waals surface area contributed by atoms with Crippen molar-refractivity contribution in [2.75, 3.05) is 14.2 Å². The van der Waals surface area contributed by atoms with Crippen LogP contribution in [0.2, 0.25) is 0 Å². The summed E-state index contributed by atoms with van der Waals surface area (Å²) in [5.41, 5.74) is 6.37. The van der Waals surface area contributed by atoms with Crippen molar-refractivity contribution in [3.05, 3.63) is 23.0 Å². The van der Waals surface area contributed by atoms with Gasteiger partial charge in [0.2, 0.25) is 6.29 Å². The average Bonchev–Trinajstić information content (AvgIpc) is 2.21. The monoisotopic (exact) mass is 211 g/mol. The summed E-state index contributed by atoms with van der Waals surface area (Å²) >= 11 is 0. The Morgan fingerprint density at radius 3 is 2.47 bits per heavy atom. The van der Waals surface area contributed by atoms with E-state index < -0.39 is 12.2 Å². The highest BCUT2D eigenvalue weighted by molar-refractivity contribution is 5.93. The molecule has 0 unspecified atom stereocenters. The van der Waals surface area contributed by atoms with Crippen LogP contribution in [0.3, 0.4) is 0 Å². The molecule has 0 spiro atoms. The number of amides is 1. The molecular formula is C9H13N3O3. The minimum atomic E-state index is -0.736. The predicted molar refractivity (Wildman–Crippen MR) is 52.0 cm³/mol. The Hall–Kier alpha value is -1.53. The van der Waals surface area contributed by atoms with Gasteiger partial charge in [0.15, 0.2) is 0 Å². The highest BCUT2D eigenvalue weighted by Gasteiger charge is 2.19. The van der Waals surface area contributed by atoms with Gasteiger partial charge in [0, 0.05) is 14.2 Å². The van der Waals surface area contributed by atoms with Crippen molar-refractivity contribution >= 4 is 5.91 Å². The molecule has 15 heavy (non-hydrogen) atoms. The Morgan fingerprint density at radius 2 is 2.00 bits per heavy atom. The van der Waals surface area contributed by atoms with E-state index in [-0.39, 0.29) is 11.3 Å². The van der Waals surface area contributed by atoms with E-state index in [1.165, 1.54) is 14.2 Å². The van der Waals surface area contributed by atoms with Crippen molar-refractivity contribution in [2.45, 2.75) is 13.2 Å². The lowest BCUT2D eigenvalue weighted by molar-refractivity contribution is -0.109. The molecule has 1 rings (SSSR count). The van der Waals surface area contributed by atoms with Gasteiger partial charge in [-0.1, -0.05) is 0 Å². The number of nitrogens with zero attached hydrogens (tertiary/aromatic N) is 2. The first-order valence-electron chi connectivity index (χ1n) is 4.29. The molecule has 1 amide bonds. The predicted octanol–water partition coefficient (Wildman–Crippen LogP) is 0.175. The van der Waals surface area contributed by atoms with E-state index >= 15 is 0 Å². The zero-order chi connectivity index (χ0) is 11.4. The van der Waals surface area contributed by atoms with Crippen LogP contribution in [-0.4, -0.2) is 30.3 Å². The fourth-order valence-electron chi connectivity index (χ4n) is 1.19. The highest BCUT2D eigenvalue weighted by atomic mass is 16.7. The SMILES string of the molecule is COC(OC)c1nnc(C)cc1C(N)=O.